The Labute approximate surface area is 165 Å². The third kappa shape index (κ3) is 3.67. The van der Waals surface area contributed by atoms with Crippen molar-refractivity contribution >= 4 is 26.9 Å². The molecule has 0 unspecified atom stereocenters. The molecule has 2 heterocycles. The molecule has 3 aromatic rings. The molecule has 0 spiro atoms. The highest BCUT2D eigenvalue weighted by molar-refractivity contribution is 7.90. The monoisotopic (exact) mass is 399 g/mol. The molecular weight excluding hydrogens is 374 g/mol. The van der Waals surface area contributed by atoms with Gasteiger partial charge in [0, 0.05) is 18.1 Å². The number of hydrogen-bond acceptors (Lipinski definition) is 4. The van der Waals surface area contributed by atoms with E-state index >= 15 is 0 Å². The Bertz CT molecular complexity index is 1120. The average Bonchev–Trinajstić information content (AvgIpc) is 3.01. The van der Waals surface area contributed by atoms with Crippen LogP contribution in [0.25, 0.3) is 5.52 Å². The number of carbonyl (C=O) groups excluding carboxylic acids is 1. The van der Waals surface area contributed by atoms with Crippen molar-refractivity contribution in [3.05, 3.63) is 59.4 Å². The Hall–Kier alpha value is -2.67. The molecule has 0 bridgehead atoms. The molecule has 0 saturated carbocycles. The van der Waals surface area contributed by atoms with Crippen LogP contribution in [-0.4, -0.2) is 30.0 Å². The van der Waals surface area contributed by atoms with E-state index < -0.39 is 15.7 Å². The summed E-state index contributed by atoms with van der Waals surface area (Å²) < 4.78 is 25.7. The van der Waals surface area contributed by atoms with Gasteiger partial charge in [-0.3, -0.25) is 9.20 Å². The van der Waals surface area contributed by atoms with Crippen LogP contribution in [0.4, 0.5) is 5.69 Å². The van der Waals surface area contributed by atoms with Gasteiger partial charge in [-0.2, -0.15) is 0 Å². The lowest BCUT2D eigenvalue weighted by Crippen LogP contribution is -2.17. The van der Waals surface area contributed by atoms with Crippen molar-refractivity contribution in [2.45, 2.75) is 44.7 Å². The zero-order valence-electron chi connectivity index (χ0n) is 16.7. The second-order valence-corrected chi connectivity index (χ2v) is 9.46. The first kappa shape index (κ1) is 20.1. The summed E-state index contributed by atoms with van der Waals surface area (Å²) in [5.74, 6) is 0.0206. The fourth-order valence-electron chi connectivity index (χ4n) is 3.31. The number of nitrogens with one attached hydrogen (secondary N) is 1. The number of hydrogen-bond donors (Lipinski definition) is 1. The molecule has 148 valence electrons. The van der Waals surface area contributed by atoms with E-state index in [1.807, 2.05) is 18.2 Å². The van der Waals surface area contributed by atoms with Gasteiger partial charge in [0.1, 0.15) is 0 Å². The van der Waals surface area contributed by atoms with Crippen molar-refractivity contribution in [1.29, 1.82) is 0 Å². The molecular formula is C21H25N3O3S. The predicted octanol–water partition coefficient (Wildman–Crippen LogP) is 4.24. The highest BCUT2D eigenvalue weighted by Gasteiger charge is 2.24. The van der Waals surface area contributed by atoms with E-state index in [0.717, 1.165) is 23.1 Å². The summed E-state index contributed by atoms with van der Waals surface area (Å²) >= 11 is 0. The first-order valence-electron chi connectivity index (χ1n) is 9.22. The number of aromatic nitrogens is 2. The second-order valence-electron chi connectivity index (χ2n) is 7.55. The number of fused-ring (bicyclic) bond motifs is 1. The molecule has 0 fully saturated rings. The number of nitrogens with zero attached hydrogens (tertiary/aromatic N) is 2. The van der Waals surface area contributed by atoms with Crippen LogP contribution in [0.3, 0.4) is 0 Å². The summed E-state index contributed by atoms with van der Waals surface area (Å²) in [5.41, 5.74) is 3.39. The van der Waals surface area contributed by atoms with Crippen molar-refractivity contribution < 1.29 is 13.2 Å². The van der Waals surface area contributed by atoms with Gasteiger partial charge in [0.15, 0.2) is 5.69 Å². The largest absolute Gasteiger partial charge is 0.320 e. The van der Waals surface area contributed by atoms with Gasteiger partial charge >= 0.3 is 0 Å². The smallest absolute Gasteiger partial charge is 0.276 e. The maximum Gasteiger partial charge on any atom is 0.276 e. The van der Waals surface area contributed by atoms with E-state index in [9.17, 15) is 13.2 Å². The van der Waals surface area contributed by atoms with Crippen LogP contribution < -0.4 is 5.32 Å². The van der Waals surface area contributed by atoms with Gasteiger partial charge in [0.2, 0.25) is 15.0 Å². The van der Waals surface area contributed by atoms with Crippen LogP contribution >= 0.6 is 0 Å². The van der Waals surface area contributed by atoms with Crippen LogP contribution in [0.1, 0.15) is 61.1 Å². The third-order valence-electron chi connectivity index (χ3n) is 4.67. The summed E-state index contributed by atoms with van der Waals surface area (Å²) in [7, 11) is -3.59. The molecule has 0 aliphatic heterocycles. The Morgan fingerprint density at radius 3 is 2.14 bits per heavy atom. The fraction of sp³-hybridized carbons (Fsp3) is 0.333. The summed E-state index contributed by atoms with van der Waals surface area (Å²) in [6, 6.07) is 11.1. The number of sulfone groups is 1. The van der Waals surface area contributed by atoms with Gasteiger partial charge in [-0.1, -0.05) is 52.0 Å². The van der Waals surface area contributed by atoms with Crippen LogP contribution in [0.5, 0.6) is 0 Å². The maximum atomic E-state index is 13.1. The quantitative estimate of drug-likeness (QED) is 0.696. The maximum absolute atomic E-state index is 13.1. The van der Waals surface area contributed by atoms with Gasteiger partial charge in [-0.15, -0.1) is 0 Å². The van der Waals surface area contributed by atoms with Gasteiger partial charge < -0.3 is 5.32 Å². The molecule has 0 atom stereocenters. The molecule has 2 aromatic heterocycles. The Kier molecular flexibility index (Phi) is 5.30. The molecule has 0 saturated heterocycles. The van der Waals surface area contributed by atoms with E-state index in [2.05, 4.69) is 38.0 Å². The van der Waals surface area contributed by atoms with E-state index in [1.165, 1.54) is 4.40 Å². The fourth-order valence-corrected chi connectivity index (χ4v) is 4.08. The van der Waals surface area contributed by atoms with Crippen LogP contribution in [0.2, 0.25) is 0 Å². The number of imidazole rings is 1. The lowest BCUT2D eigenvalue weighted by atomic mass is 9.92. The normalized spacial score (nSPS) is 12.1. The first-order valence-corrected chi connectivity index (χ1v) is 11.1. The van der Waals surface area contributed by atoms with Crippen molar-refractivity contribution in [3.63, 3.8) is 0 Å². The summed E-state index contributed by atoms with van der Waals surface area (Å²) in [6.07, 6.45) is 2.68. The zero-order chi connectivity index (χ0) is 20.6. The van der Waals surface area contributed by atoms with Crippen LogP contribution in [-0.2, 0) is 9.84 Å². The standard InChI is InChI=1S/C21H25N3O3S/c1-13(2)15-9-8-10-16(14(3)4)18(15)22-20(25)19-17-11-6-7-12-24(17)21(23-19)28(5,26)27/h6-14H,1-5H3,(H,22,25). The molecule has 1 aromatic carbocycles. The molecule has 0 aliphatic rings. The van der Waals surface area contributed by atoms with Crippen LogP contribution in [0.15, 0.2) is 47.8 Å². The molecule has 1 N–H and O–H groups in total. The van der Waals surface area contributed by atoms with Crippen molar-refractivity contribution in [2.24, 2.45) is 0 Å². The van der Waals surface area contributed by atoms with Crippen LogP contribution in [0, 0.1) is 0 Å². The summed E-state index contributed by atoms with van der Waals surface area (Å²) in [4.78, 5) is 17.3. The molecule has 0 aliphatic carbocycles. The highest BCUT2D eigenvalue weighted by atomic mass is 32.2. The lowest BCUT2D eigenvalue weighted by molar-refractivity contribution is 0.102. The minimum absolute atomic E-state index is 0.0919. The highest BCUT2D eigenvalue weighted by Crippen LogP contribution is 2.33. The molecule has 0 radical (unpaired) electrons. The molecule has 6 nitrogen and oxygen atoms in total. The van der Waals surface area contributed by atoms with Crippen molar-refractivity contribution in [3.8, 4) is 0 Å². The lowest BCUT2D eigenvalue weighted by Gasteiger charge is -2.19. The molecule has 28 heavy (non-hydrogen) atoms. The predicted molar refractivity (Wildman–Crippen MR) is 111 cm³/mol. The number of carbonyl (C=O) groups is 1. The Balaban J connectivity index is 2.14. The Morgan fingerprint density at radius 1 is 1.00 bits per heavy atom. The minimum Gasteiger partial charge on any atom is -0.320 e. The number of para-hydroxylation sites is 1. The zero-order valence-corrected chi connectivity index (χ0v) is 17.5. The van der Waals surface area contributed by atoms with E-state index in [4.69, 9.17) is 0 Å². The first-order chi connectivity index (χ1) is 13.1. The Morgan fingerprint density at radius 2 is 1.61 bits per heavy atom. The number of pyridine rings is 1. The number of rotatable bonds is 5. The van der Waals surface area contributed by atoms with E-state index in [0.29, 0.717) is 5.52 Å². The summed E-state index contributed by atoms with van der Waals surface area (Å²) in [5, 5.41) is 2.86. The van der Waals surface area contributed by atoms with Gasteiger partial charge in [-0.25, -0.2) is 13.4 Å². The molecule has 3 rings (SSSR count). The second kappa shape index (κ2) is 7.39. The minimum atomic E-state index is -3.59. The van der Waals surface area contributed by atoms with Crippen molar-refractivity contribution in [2.75, 3.05) is 11.6 Å². The topological polar surface area (TPSA) is 80.5 Å². The van der Waals surface area contributed by atoms with Gasteiger partial charge in [0.25, 0.3) is 5.91 Å². The van der Waals surface area contributed by atoms with E-state index in [1.54, 1.807) is 24.4 Å². The molecule has 1 amide bonds. The number of benzene rings is 1. The number of anilines is 1. The van der Waals surface area contributed by atoms with Gasteiger partial charge in [-0.05, 0) is 35.1 Å². The van der Waals surface area contributed by atoms with Gasteiger partial charge in [0.05, 0.1) is 5.52 Å². The SMILES string of the molecule is CC(C)c1cccc(C(C)C)c1NC(=O)c1nc(S(C)(=O)=O)n2ccccc12. The average molecular weight is 400 g/mol. The third-order valence-corrected chi connectivity index (χ3v) is 5.63. The summed E-state index contributed by atoms with van der Waals surface area (Å²) in [6.45, 7) is 8.29. The van der Waals surface area contributed by atoms with Crippen molar-refractivity contribution in [1.82, 2.24) is 9.38 Å². The number of amides is 1. The molecule has 7 heteroatoms. The van der Waals surface area contributed by atoms with E-state index in [-0.39, 0.29) is 22.7 Å².